The highest BCUT2D eigenvalue weighted by Gasteiger charge is 2.44. The van der Waals surface area contributed by atoms with Crippen LogP contribution in [0.5, 0.6) is 0 Å². The molecule has 0 aromatic heterocycles. The Hall–Kier alpha value is -0.620. The minimum atomic E-state index is -4.13. The molecule has 4 N–H and O–H groups in total. The molecule has 1 aliphatic heterocycles. The van der Waals surface area contributed by atoms with Crippen LogP contribution in [0, 0.1) is 5.92 Å². The molecule has 0 radical (unpaired) electrons. The molecule has 1 aromatic carbocycles. The zero-order valence-corrected chi connectivity index (χ0v) is 18.9. The van der Waals surface area contributed by atoms with Crippen LogP contribution in [0.25, 0.3) is 0 Å². The van der Waals surface area contributed by atoms with E-state index in [1.807, 2.05) is 14.1 Å². The lowest BCUT2D eigenvalue weighted by molar-refractivity contribution is 0.216. The van der Waals surface area contributed by atoms with E-state index in [2.05, 4.69) is 14.9 Å². The van der Waals surface area contributed by atoms with Gasteiger partial charge in [0, 0.05) is 0 Å². The van der Waals surface area contributed by atoms with Crippen molar-refractivity contribution in [3.05, 3.63) is 17.2 Å². The van der Waals surface area contributed by atoms with Crippen molar-refractivity contribution in [2.24, 2.45) is 11.1 Å². The summed E-state index contributed by atoms with van der Waals surface area (Å²) in [4.78, 5) is 1.59. The van der Waals surface area contributed by atoms with Gasteiger partial charge in [-0.3, -0.25) is 0 Å². The first-order chi connectivity index (χ1) is 12.4. The van der Waals surface area contributed by atoms with Gasteiger partial charge in [-0.1, -0.05) is 11.6 Å². The van der Waals surface area contributed by atoms with E-state index in [-0.39, 0.29) is 22.3 Å². The number of nitrogens with two attached hydrogens (primary N) is 1. The van der Waals surface area contributed by atoms with E-state index < -0.39 is 30.6 Å². The molecule has 1 saturated carbocycles. The van der Waals surface area contributed by atoms with Gasteiger partial charge in [0.05, 0.1) is 10.7 Å². The van der Waals surface area contributed by atoms with Gasteiger partial charge in [0.15, 0.2) is 0 Å². The van der Waals surface area contributed by atoms with Crippen molar-refractivity contribution in [1.82, 2.24) is 9.62 Å². The maximum atomic E-state index is 12.8. The number of nitrogens with one attached hydrogen (secondary N) is 2. The third-order valence-corrected chi connectivity index (χ3v) is 8.23. The van der Waals surface area contributed by atoms with Crippen LogP contribution < -0.4 is 15.2 Å². The van der Waals surface area contributed by atoms with Gasteiger partial charge in [-0.2, -0.15) is 4.72 Å². The lowest BCUT2D eigenvalue weighted by Crippen LogP contribution is -2.58. The Balaban J connectivity index is 0.00000280. The normalized spacial score (nSPS) is 26.4. The summed E-state index contributed by atoms with van der Waals surface area (Å²) >= 11 is 6.04. The molecular formula is C16H26Cl2N4O4S2. The minimum Gasteiger partial charge on any atom is -0.365 e. The van der Waals surface area contributed by atoms with Crippen LogP contribution >= 0.6 is 24.0 Å². The minimum absolute atomic E-state index is 0. The molecule has 0 atom stereocenters. The van der Waals surface area contributed by atoms with Crippen molar-refractivity contribution in [3.8, 4) is 0 Å². The maximum Gasteiger partial charge on any atom is 0.244 e. The first kappa shape index (κ1) is 23.7. The lowest BCUT2D eigenvalue weighted by atomic mass is 9.80. The van der Waals surface area contributed by atoms with Crippen molar-refractivity contribution in [2.45, 2.75) is 47.6 Å². The Morgan fingerprint density at radius 1 is 1.29 bits per heavy atom. The Bertz CT molecular complexity index is 944. The number of nitrogens with zero attached hydrogens (tertiary/aromatic N) is 1. The number of primary sulfonamides is 1. The summed E-state index contributed by atoms with van der Waals surface area (Å²) in [6, 6.07) is 2.34. The first-order valence-corrected chi connectivity index (χ1v) is 12.2. The fraction of sp³-hybridized carbons (Fsp3) is 0.625. The van der Waals surface area contributed by atoms with E-state index >= 15 is 0 Å². The van der Waals surface area contributed by atoms with Crippen LogP contribution in [-0.2, 0) is 20.0 Å². The van der Waals surface area contributed by atoms with E-state index in [1.165, 1.54) is 6.07 Å². The van der Waals surface area contributed by atoms with Crippen molar-refractivity contribution < 1.29 is 16.8 Å². The third-order valence-electron chi connectivity index (χ3n) is 5.28. The molecule has 28 heavy (non-hydrogen) atoms. The smallest absolute Gasteiger partial charge is 0.244 e. The molecule has 1 aliphatic carbocycles. The molecule has 3 rings (SSSR count). The van der Waals surface area contributed by atoms with Gasteiger partial charge in [0.2, 0.25) is 20.0 Å². The third kappa shape index (κ3) is 4.92. The van der Waals surface area contributed by atoms with Crippen molar-refractivity contribution in [2.75, 3.05) is 26.0 Å². The van der Waals surface area contributed by atoms with Crippen LogP contribution in [0.2, 0.25) is 5.02 Å². The van der Waals surface area contributed by atoms with E-state index in [0.717, 1.165) is 31.9 Å². The summed E-state index contributed by atoms with van der Waals surface area (Å²) in [5.74, 6) is 0.555. The summed E-state index contributed by atoms with van der Waals surface area (Å²) in [5, 5.41) is 8.28. The summed E-state index contributed by atoms with van der Waals surface area (Å²) in [6.45, 7) is 1.01. The van der Waals surface area contributed by atoms with Gasteiger partial charge < -0.3 is 10.2 Å². The first-order valence-electron chi connectivity index (χ1n) is 8.75. The lowest BCUT2D eigenvalue weighted by Gasteiger charge is -2.45. The van der Waals surface area contributed by atoms with Crippen molar-refractivity contribution >= 4 is 49.7 Å². The van der Waals surface area contributed by atoms with Crippen LogP contribution in [0.3, 0.4) is 0 Å². The summed E-state index contributed by atoms with van der Waals surface area (Å²) in [7, 11) is -3.94. The second kappa shape index (κ2) is 8.25. The quantitative estimate of drug-likeness (QED) is 0.615. The second-order valence-electron chi connectivity index (χ2n) is 7.67. The molecule has 0 amide bonds. The topological polar surface area (TPSA) is 122 Å². The summed E-state index contributed by atoms with van der Waals surface area (Å²) in [5.41, 5.74) is -0.467. The SMILES string of the molecule is CN(C)CCC1CCC2(CC1)Nc1cc(Cl)c(S(N)(=O)=O)cc1S(=O)(=O)N2.Cl. The maximum absolute atomic E-state index is 12.8. The van der Waals surface area contributed by atoms with E-state index in [0.29, 0.717) is 24.4 Å². The van der Waals surface area contributed by atoms with Crippen molar-refractivity contribution in [3.63, 3.8) is 0 Å². The molecule has 12 heteroatoms. The Morgan fingerprint density at radius 3 is 2.43 bits per heavy atom. The second-order valence-corrected chi connectivity index (χ2v) is 11.3. The van der Waals surface area contributed by atoms with Gasteiger partial charge in [-0.25, -0.2) is 22.0 Å². The molecular weight excluding hydrogens is 447 g/mol. The van der Waals surface area contributed by atoms with E-state index in [4.69, 9.17) is 16.7 Å². The fourth-order valence-corrected chi connectivity index (χ4v) is 6.52. The van der Waals surface area contributed by atoms with Crippen LogP contribution in [-0.4, -0.2) is 48.0 Å². The molecule has 1 heterocycles. The number of hydrogen-bond acceptors (Lipinski definition) is 6. The Morgan fingerprint density at radius 2 is 1.89 bits per heavy atom. The van der Waals surface area contributed by atoms with Gasteiger partial charge in [0.1, 0.15) is 15.5 Å². The molecule has 0 saturated heterocycles. The highest BCUT2D eigenvalue weighted by atomic mass is 35.5. The van der Waals surface area contributed by atoms with Gasteiger partial charge in [-0.05, 0) is 70.8 Å². The van der Waals surface area contributed by atoms with Gasteiger partial charge in [-0.15, -0.1) is 12.4 Å². The zero-order chi connectivity index (χ0) is 20.0. The van der Waals surface area contributed by atoms with Crippen LogP contribution in [0.15, 0.2) is 21.9 Å². The monoisotopic (exact) mass is 472 g/mol. The number of rotatable bonds is 4. The molecule has 0 bridgehead atoms. The fourth-order valence-electron chi connectivity index (χ4n) is 3.80. The van der Waals surface area contributed by atoms with E-state index in [9.17, 15) is 16.8 Å². The Kier molecular flexibility index (Phi) is 6.97. The highest BCUT2D eigenvalue weighted by molar-refractivity contribution is 7.90. The molecule has 1 fully saturated rings. The predicted molar refractivity (Wildman–Crippen MR) is 112 cm³/mol. The molecule has 160 valence electrons. The number of halogens is 2. The number of sulfonamides is 2. The van der Waals surface area contributed by atoms with Crippen molar-refractivity contribution in [1.29, 1.82) is 0 Å². The molecule has 8 nitrogen and oxygen atoms in total. The predicted octanol–water partition coefficient (Wildman–Crippen LogP) is 1.95. The van der Waals surface area contributed by atoms with Gasteiger partial charge in [0.25, 0.3) is 0 Å². The Labute approximate surface area is 177 Å². The number of benzene rings is 1. The zero-order valence-electron chi connectivity index (χ0n) is 15.7. The molecule has 2 aliphatic rings. The molecule has 1 spiro atoms. The van der Waals surface area contributed by atoms with Gasteiger partial charge >= 0.3 is 0 Å². The number of anilines is 1. The average Bonchev–Trinajstić information content (AvgIpc) is 2.51. The summed E-state index contributed by atoms with van der Waals surface area (Å²) in [6.07, 6.45) is 4.19. The molecule has 1 aromatic rings. The largest absolute Gasteiger partial charge is 0.365 e. The molecule has 0 unspecified atom stereocenters. The standard InChI is InChI=1S/C16H25ClN4O4S2.ClH/c1-21(2)8-5-11-3-6-16(7-4-11)19-13-9-12(17)14(26(18,22)23)10-15(13)27(24,25)20-16;/h9-11,19-20H,3-8H2,1-2H3,(H2,18,22,23);1H. The van der Waals surface area contributed by atoms with Crippen LogP contribution in [0.4, 0.5) is 5.69 Å². The average molecular weight is 473 g/mol. The highest BCUT2D eigenvalue weighted by Crippen LogP contribution is 2.42. The summed E-state index contributed by atoms with van der Waals surface area (Å²) < 4.78 is 51.6. The number of fused-ring (bicyclic) bond motifs is 1. The number of hydrogen-bond donors (Lipinski definition) is 3. The van der Waals surface area contributed by atoms with Crippen LogP contribution in [0.1, 0.15) is 32.1 Å². The van der Waals surface area contributed by atoms with E-state index in [1.54, 1.807) is 0 Å².